The monoisotopic (exact) mass is 358 g/mol. The summed E-state index contributed by atoms with van der Waals surface area (Å²) >= 11 is 0. The number of nitrogens with one attached hydrogen (secondary N) is 1. The zero-order valence-corrected chi connectivity index (χ0v) is 15.2. The molecule has 5 nitrogen and oxygen atoms in total. The van der Waals surface area contributed by atoms with E-state index < -0.39 is 5.82 Å². The Balaban J connectivity index is 2.02. The lowest BCUT2D eigenvalue weighted by molar-refractivity contribution is -0.117. The first kappa shape index (κ1) is 19.4. The molecule has 0 fully saturated rings. The summed E-state index contributed by atoms with van der Waals surface area (Å²) in [6, 6.07) is 12.9. The Hall–Kier alpha value is -2.89. The molecular weight excluding hydrogens is 335 g/mol. The Morgan fingerprint density at radius 2 is 1.88 bits per heavy atom. The molecule has 0 aromatic heterocycles. The van der Waals surface area contributed by atoms with Crippen LogP contribution in [0.3, 0.4) is 0 Å². The third kappa shape index (κ3) is 5.58. The van der Waals surface area contributed by atoms with Gasteiger partial charge >= 0.3 is 0 Å². The van der Waals surface area contributed by atoms with Crippen LogP contribution in [0.4, 0.5) is 15.8 Å². The molecule has 0 atom stereocenters. The topological polar surface area (TPSA) is 58.6 Å². The van der Waals surface area contributed by atoms with E-state index in [1.54, 1.807) is 24.3 Å². The first-order valence-corrected chi connectivity index (χ1v) is 8.46. The predicted octanol–water partition coefficient (Wildman–Crippen LogP) is 3.99. The first-order valence-electron chi connectivity index (χ1n) is 8.46. The fourth-order valence-electron chi connectivity index (χ4n) is 2.47. The van der Waals surface area contributed by atoms with Gasteiger partial charge in [-0.1, -0.05) is 18.2 Å². The number of ether oxygens (including phenoxy) is 1. The van der Waals surface area contributed by atoms with E-state index in [0.29, 0.717) is 17.1 Å². The Morgan fingerprint density at radius 1 is 1.15 bits per heavy atom. The van der Waals surface area contributed by atoms with Gasteiger partial charge in [0.15, 0.2) is 0 Å². The fourth-order valence-corrected chi connectivity index (χ4v) is 2.47. The lowest BCUT2D eigenvalue weighted by Crippen LogP contribution is -2.32. The van der Waals surface area contributed by atoms with Gasteiger partial charge in [0.1, 0.15) is 11.6 Å². The lowest BCUT2D eigenvalue weighted by atomic mass is 10.2. The molecule has 0 bridgehead atoms. The molecule has 2 rings (SSSR count). The van der Waals surface area contributed by atoms with Gasteiger partial charge in [-0.05, 0) is 44.2 Å². The van der Waals surface area contributed by atoms with Crippen molar-refractivity contribution in [3.05, 3.63) is 54.3 Å². The van der Waals surface area contributed by atoms with E-state index in [9.17, 15) is 14.0 Å². The Morgan fingerprint density at radius 3 is 2.54 bits per heavy atom. The summed E-state index contributed by atoms with van der Waals surface area (Å²) in [5, 5.41) is 2.80. The van der Waals surface area contributed by atoms with Gasteiger partial charge in [-0.15, -0.1) is 0 Å². The van der Waals surface area contributed by atoms with Gasteiger partial charge in [0.25, 0.3) is 0 Å². The highest BCUT2D eigenvalue weighted by Gasteiger charge is 2.15. The van der Waals surface area contributed by atoms with E-state index in [1.807, 2.05) is 19.9 Å². The maximum Gasteiger partial charge on any atom is 0.226 e. The molecule has 0 spiro atoms. The number of benzene rings is 2. The van der Waals surface area contributed by atoms with Gasteiger partial charge in [-0.3, -0.25) is 9.59 Å². The average molecular weight is 358 g/mol. The highest BCUT2D eigenvalue weighted by molar-refractivity contribution is 5.95. The van der Waals surface area contributed by atoms with Gasteiger partial charge < -0.3 is 15.0 Å². The summed E-state index contributed by atoms with van der Waals surface area (Å²) in [5.41, 5.74) is 1.00. The van der Waals surface area contributed by atoms with Crippen molar-refractivity contribution in [3.8, 4) is 5.75 Å². The van der Waals surface area contributed by atoms with E-state index in [0.717, 1.165) is 0 Å². The third-order valence-corrected chi connectivity index (χ3v) is 3.59. The minimum atomic E-state index is -0.432. The third-order valence-electron chi connectivity index (χ3n) is 3.59. The van der Waals surface area contributed by atoms with E-state index in [4.69, 9.17) is 4.74 Å². The molecule has 0 saturated heterocycles. The van der Waals surface area contributed by atoms with Crippen LogP contribution in [-0.2, 0) is 9.59 Å². The molecule has 26 heavy (non-hydrogen) atoms. The number of halogens is 1. The van der Waals surface area contributed by atoms with E-state index >= 15 is 0 Å². The maximum atomic E-state index is 13.4. The smallest absolute Gasteiger partial charge is 0.226 e. The van der Waals surface area contributed by atoms with Crippen molar-refractivity contribution in [2.24, 2.45) is 0 Å². The summed E-state index contributed by atoms with van der Waals surface area (Å²) in [4.78, 5) is 25.5. The van der Waals surface area contributed by atoms with Crippen molar-refractivity contribution in [2.75, 3.05) is 16.8 Å². The van der Waals surface area contributed by atoms with Crippen LogP contribution >= 0.6 is 0 Å². The van der Waals surface area contributed by atoms with Gasteiger partial charge in [0.05, 0.1) is 11.8 Å². The number of hydrogen-bond donors (Lipinski definition) is 1. The predicted molar refractivity (Wildman–Crippen MR) is 99.9 cm³/mol. The van der Waals surface area contributed by atoms with Crippen molar-refractivity contribution >= 4 is 23.2 Å². The quantitative estimate of drug-likeness (QED) is 0.814. The van der Waals surface area contributed by atoms with Crippen molar-refractivity contribution in [3.63, 3.8) is 0 Å². The van der Waals surface area contributed by atoms with Gasteiger partial charge in [0, 0.05) is 25.6 Å². The molecule has 1 N–H and O–H groups in total. The summed E-state index contributed by atoms with van der Waals surface area (Å²) < 4.78 is 19.1. The highest BCUT2D eigenvalue weighted by atomic mass is 19.1. The van der Waals surface area contributed by atoms with Crippen LogP contribution in [-0.4, -0.2) is 24.5 Å². The number of carbonyl (C=O) groups is 2. The number of nitrogens with zero attached hydrogens (tertiary/aromatic N) is 1. The molecule has 0 aliphatic rings. The second-order valence-corrected chi connectivity index (χ2v) is 6.11. The van der Waals surface area contributed by atoms with Crippen molar-refractivity contribution in [1.82, 2.24) is 0 Å². The number of carbonyl (C=O) groups excluding carboxylic acids is 2. The minimum absolute atomic E-state index is 0.0192. The van der Waals surface area contributed by atoms with E-state index in [2.05, 4.69) is 5.32 Å². The van der Waals surface area contributed by atoms with Crippen LogP contribution in [0.2, 0.25) is 0 Å². The molecular formula is C20H23FN2O3. The van der Waals surface area contributed by atoms with Crippen molar-refractivity contribution in [1.29, 1.82) is 0 Å². The summed E-state index contributed by atoms with van der Waals surface area (Å²) in [6.07, 6.45) is 0.0563. The van der Waals surface area contributed by atoms with Crippen molar-refractivity contribution in [2.45, 2.75) is 33.3 Å². The Bertz CT molecular complexity index is 777. The molecule has 0 aliphatic heterocycles. The van der Waals surface area contributed by atoms with E-state index in [-0.39, 0.29) is 30.9 Å². The summed E-state index contributed by atoms with van der Waals surface area (Å²) in [5.74, 6) is -0.359. The molecule has 2 amide bonds. The van der Waals surface area contributed by atoms with Gasteiger partial charge in [0.2, 0.25) is 11.8 Å². The standard InChI is InChI=1S/C20H23FN2O3/c1-14(2)26-19-10-5-4-9-18(19)22-20(25)11-12-23(15(3)24)17-8-6-7-16(21)13-17/h4-10,13-14H,11-12H2,1-3H3,(H,22,25). The zero-order chi connectivity index (χ0) is 19.1. The van der Waals surface area contributed by atoms with Crippen LogP contribution < -0.4 is 15.0 Å². The zero-order valence-electron chi connectivity index (χ0n) is 15.2. The number of hydrogen-bond acceptors (Lipinski definition) is 3. The normalized spacial score (nSPS) is 10.5. The molecule has 0 aliphatic carbocycles. The second kappa shape index (κ2) is 8.99. The molecule has 2 aromatic rings. The van der Waals surface area contributed by atoms with Gasteiger partial charge in [-0.2, -0.15) is 0 Å². The summed E-state index contributed by atoms with van der Waals surface area (Å²) in [6.45, 7) is 5.34. The number of para-hydroxylation sites is 2. The molecule has 0 radical (unpaired) electrons. The Labute approximate surface area is 152 Å². The molecule has 138 valence electrons. The highest BCUT2D eigenvalue weighted by Crippen LogP contribution is 2.25. The average Bonchev–Trinajstić information content (AvgIpc) is 2.56. The fraction of sp³-hybridized carbons (Fsp3) is 0.300. The second-order valence-electron chi connectivity index (χ2n) is 6.11. The van der Waals surface area contributed by atoms with Crippen LogP contribution in [0.5, 0.6) is 5.75 Å². The SMILES string of the molecule is CC(=O)N(CCC(=O)Nc1ccccc1OC(C)C)c1cccc(F)c1. The van der Waals surface area contributed by atoms with Crippen LogP contribution in [0.1, 0.15) is 27.2 Å². The minimum Gasteiger partial charge on any atom is -0.489 e. The Kier molecular flexibility index (Phi) is 6.72. The van der Waals surface area contributed by atoms with Gasteiger partial charge in [-0.25, -0.2) is 4.39 Å². The molecule has 6 heteroatoms. The van der Waals surface area contributed by atoms with Crippen LogP contribution in [0.15, 0.2) is 48.5 Å². The van der Waals surface area contributed by atoms with Crippen LogP contribution in [0.25, 0.3) is 0 Å². The molecule has 0 unspecified atom stereocenters. The van der Waals surface area contributed by atoms with Crippen molar-refractivity contribution < 1.29 is 18.7 Å². The summed E-state index contributed by atoms with van der Waals surface area (Å²) in [7, 11) is 0. The number of amides is 2. The number of anilines is 2. The molecule has 2 aromatic carbocycles. The lowest BCUT2D eigenvalue weighted by Gasteiger charge is -2.21. The maximum absolute atomic E-state index is 13.4. The first-order chi connectivity index (χ1) is 12.4. The number of rotatable bonds is 7. The largest absolute Gasteiger partial charge is 0.489 e. The van der Waals surface area contributed by atoms with Crippen LogP contribution in [0, 0.1) is 5.82 Å². The van der Waals surface area contributed by atoms with E-state index in [1.165, 1.54) is 30.0 Å². The molecule has 0 heterocycles. The molecule has 0 saturated carbocycles.